The third-order valence-electron chi connectivity index (χ3n) is 1.65. The average molecular weight is 194 g/mol. The van der Waals surface area contributed by atoms with Crippen LogP contribution in [0.1, 0.15) is 0 Å². The van der Waals surface area contributed by atoms with Crippen LogP contribution in [0.2, 0.25) is 0 Å². The highest BCUT2D eigenvalue weighted by molar-refractivity contribution is 5.73. The Bertz CT molecular complexity index is 541. The third kappa shape index (κ3) is 1.35. The molecule has 0 fully saturated rings. The number of aliphatic carboxylic acids is 1. The maximum atomic E-state index is 11.2. The van der Waals surface area contributed by atoms with Crippen LogP contribution < -0.4 is 5.56 Å². The zero-order valence-corrected chi connectivity index (χ0v) is 6.97. The lowest BCUT2D eigenvalue weighted by Gasteiger charge is -1.91. The monoisotopic (exact) mass is 194 g/mol. The predicted molar refractivity (Wildman–Crippen MR) is 45.8 cm³/mol. The van der Waals surface area contributed by atoms with E-state index in [2.05, 4.69) is 15.1 Å². The van der Waals surface area contributed by atoms with Crippen LogP contribution in [-0.2, 0) is 11.3 Å². The number of rotatable bonds is 2. The van der Waals surface area contributed by atoms with Gasteiger partial charge in [-0.3, -0.25) is 14.3 Å². The summed E-state index contributed by atoms with van der Waals surface area (Å²) in [6.07, 6.45) is 2.66. The Kier molecular flexibility index (Phi) is 1.77. The van der Waals surface area contributed by atoms with Gasteiger partial charge in [0.05, 0.1) is 12.5 Å². The molecule has 0 aliphatic carbocycles. The SMILES string of the molecule is O=C(O)Cn1cc2nc[nH]c(=O)c2n1. The predicted octanol–water partition coefficient (Wildman–Crippen LogP) is -0.796. The van der Waals surface area contributed by atoms with Gasteiger partial charge in [0.25, 0.3) is 5.56 Å². The fraction of sp³-hybridized carbons (Fsp3) is 0.143. The molecule has 0 saturated carbocycles. The number of hydrogen-bond donors (Lipinski definition) is 2. The van der Waals surface area contributed by atoms with Gasteiger partial charge in [-0.1, -0.05) is 0 Å². The van der Waals surface area contributed by atoms with Crippen LogP contribution in [0, 0.1) is 0 Å². The minimum Gasteiger partial charge on any atom is -0.480 e. The Labute approximate surface area is 77.0 Å². The van der Waals surface area contributed by atoms with Gasteiger partial charge in [0.15, 0.2) is 5.52 Å². The van der Waals surface area contributed by atoms with E-state index in [1.807, 2.05) is 0 Å². The fourth-order valence-corrected chi connectivity index (χ4v) is 1.12. The molecule has 0 atom stereocenters. The smallest absolute Gasteiger partial charge is 0.325 e. The van der Waals surface area contributed by atoms with Gasteiger partial charge in [-0.2, -0.15) is 5.10 Å². The molecule has 2 rings (SSSR count). The molecule has 7 nitrogen and oxygen atoms in total. The van der Waals surface area contributed by atoms with Crippen molar-refractivity contribution in [3.8, 4) is 0 Å². The van der Waals surface area contributed by atoms with Crippen LogP contribution in [0.15, 0.2) is 17.3 Å². The lowest BCUT2D eigenvalue weighted by molar-refractivity contribution is -0.137. The van der Waals surface area contributed by atoms with Crippen molar-refractivity contribution in [2.45, 2.75) is 6.54 Å². The van der Waals surface area contributed by atoms with Crippen molar-refractivity contribution in [3.05, 3.63) is 22.9 Å². The van der Waals surface area contributed by atoms with Crippen molar-refractivity contribution in [2.75, 3.05) is 0 Å². The third-order valence-corrected chi connectivity index (χ3v) is 1.65. The maximum absolute atomic E-state index is 11.2. The van der Waals surface area contributed by atoms with E-state index in [4.69, 9.17) is 5.11 Å². The molecular weight excluding hydrogens is 188 g/mol. The Morgan fingerprint density at radius 1 is 1.64 bits per heavy atom. The van der Waals surface area contributed by atoms with Gasteiger partial charge in [0.1, 0.15) is 12.1 Å². The Morgan fingerprint density at radius 2 is 2.43 bits per heavy atom. The molecule has 0 aliphatic heterocycles. The molecule has 0 radical (unpaired) electrons. The molecule has 14 heavy (non-hydrogen) atoms. The second-order valence-corrected chi connectivity index (χ2v) is 2.69. The molecule has 0 saturated heterocycles. The number of fused-ring (bicyclic) bond motifs is 1. The van der Waals surface area contributed by atoms with Crippen LogP contribution in [0.5, 0.6) is 0 Å². The number of carboxylic acids is 1. The van der Waals surface area contributed by atoms with E-state index in [-0.39, 0.29) is 17.6 Å². The number of carbonyl (C=O) groups is 1. The molecule has 0 aliphatic rings. The molecule has 72 valence electrons. The second kappa shape index (κ2) is 2.95. The van der Waals surface area contributed by atoms with E-state index in [0.717, 1.165) is 4.68 Å². The van der Waals surface area contributed by atoms with Crippen molar-refractivity contribution in [2.24, 2.45) is 0 Å². The van der Waals surface area contributed by atoms with Gasteiger partial charge in [-0.15, -0.1) is 0 Å². The van der Waals surface area contributed by atoms with Gasteiger partial charge in [0, 0.05) is 0 Å². The normalized spacial score (nSPS) is 10.6. The molecule has 0 spiro atoms. The van der Waals surface area contributed by atoms with Crippen molar-refractivity contribution >= 4 is 17.0 Å². The van der Waals surface area contributed by atoms with E-state index in [1.165, 1.54) is 12.5 Å². The molecule has 0 amide bonds. The van der Waals surface area contributed by atoms with E-state index in [0.29, 0.717) is 5.52 Å². The summed E-state index contributed by atoms with van der Waals surface area (Å²) >= 11 is 0. The zero-order chi connectivity index (χ0) is 10.1. The molecule has 2 aromatic rings. The second-order valence-electron chi connectivity index (χ2n) is 2.69. The van der Waals surface area contributed by atoms with Crippen molar-refractivity contribution in [3.63, 3.8) is 0 Å². The lowest BCUT2D eigenvalue weighted by Crippen LogP contribution is -2.10. The van der Waals surface area contributed by atoms with E-state index in [9.17, 15) is 9.59 Å². The first-order valence-corrected chi connectivity index (χ1v) is 3.79. The highest BCUT2D eigenvalue weighted by Gasteiger charge is 2.06. The fourth-order valence-electron chi connectivity index (χ4n) is 1.12. The van der Waals surface area contributed by atoms with Crippen LogP contribution >= 0.6 is 0 Å². The van der Waals surface area contributed by atoms with Gasteiger partial charge < -0.3 is 10.1 Å². The first-order valence-electron chi connectivity index (χ1n) is 3.79. The topological polar surface area (TPSA) is 101 Å². The number of nitrogens with one attached hydrogen (secondary N) is 1. The number of nitrogens with zero attached hydrogens (tertiary/aromatic N) is 3. The zero-order valence-electron chi connectivity index (χ0n) is 6.97. The quantitative estimate of drug-likeness (QED) is 0.652. The molecule has 2 N–H and O–H groups in total. The van der Waals surface area contributed by atoms with Crippen molar-refractivity contribution in [1.29, 1.82) is 0 Å². The molecule has 2 aromatic heterocycles. The highest BCUT2D eigenvalue weighted by Crippen LogP contribution is 2.01. The minimum atomic E-state index is -1.02. The average Bonchev–Trinajstić information content (AvgIpc) is 2.47. The molecule has 7 heteroatoms. The van der Waals surface area contributed by atoms with Gasteiger partial charge in [-0.05, 0) is 0 Å². The van der Waals surface area contributed by atoms with E-state index in [1.54, 1.807) is 0 Å². The molecule has 0 aromatic carbocycles. The summed E-state index contributed by atoms with van der Waals surface area (Å²) in [6, 6.07) is 0. The minimum absolute atomic E-state index is 0.147. The van der Waals surface area contributed by atoms with Crippen LogP contribution in [0.25, 0.3) is 11.0 Å². The number of H-pyrrole nitrogens is 1. The van der Waals surface area contributed by atoms with Crippen molar-refractivity contribution < 1.29 is 9.90 Å². The molecule has 0 unspecified atom stereocenters. The first-order chi connectivity index (χ1) is 6.66. The first kappa shape index (κ1) is 8.42. The van der Waals surface area contributed by atoms with E-state index < -0.39 is 5.97 Å². The van der Waals surface area contributed by atoms with Gasteiger partial charge in [-0.25, -0.2) is 4.98 Å². The van der Waals surface area contributed by atoms with Gasteiger partial charge in [0.2, 0.25) is 0 Å². The number of carboxylic acid groups (broad SMARTS) is 1. The number of aromatic amines is 1. The molecule has 0 bridgehead atoms. The highest BCUT2D eigenvalue weighted by atomic mass is 16.4. The van der Waals surface area contributed by atoms with Crippen LogP contribution in [-0.4, -0.2) is 30.8 Å². The Morgan fingerprint density at radius 3 is 3.07 bits per heavy atom. The van der Waals surface area contributed by atoms with Gasteiger partial charge >= 0.3 is 5.97 Å². The Hall–Kier alpha value is -2.18. The summed E-state index contributed by atoms with van der Waals surface area (Å²) in [5, 5.41) is 12.3. The summed E-state index contributed by atoms with van der Waals surface area (Å²) in [5.41, 5.74) is 0.155. The molecule has 2 heterocycles. The largest absolute Gasteiger partial charge is 0.480 e. The number of hydrogen-bond acceptors (Lipinski definition) is 4. The number of aromatic nitrogens is 4. The molecular formula is C7H6N4O3. The van der Waals surface area contributed by atoms with Crippen molar-refractivity contribution in [1.82, 2.24) is 19.7 Å². The summed E-state index contributed by atoms with van der Waals surface area (Å²) in [7, 11) is 0. The van der Waals surface area contributed by atoms with E-state index >= 15 is 0 Å². The summed E-state index contributed by atoms with van der Waals surface area (Å²) in [6.45, 7) is -0.282. The van der Waals surface area contributed by atoms with Crippen LogP contribution in [0.4, 0.5) is 0 Å². The lowest BCUT2D eigenvalue weighted by atomic mass is 10.5. The Balaban J connectivity index is 2.57. The van der Waals surface area contributed by atoms with Crippen LogP contribution in [0.3, 0.4) is 0 Å². The summed E-state index contributed by atoms with van der Waals surface area (Å²) in [5.74, 6) is -1.02. The maximum Gasteiger partial charge on any atom is 0.325 e. The summed E-state index contributed by atoms with van der Waals surface area (Å²) < 4.78 is 1.16. The standard InChI is InChI=1S/C7H6N4O3/c12-5(13)2-11-1-4-6(10-11)7(14)9-3-8-4/h1,3H,2H2,(H,12,13)(H,8,9,14). The summed E-state index contributed by atoms with van der Waals surface area (Å²) in [4.78, 5) is 27.7.